The fourth-order valence-electron chi connectivity index (χ4n) is 1.69. The lowest BCUT2D eigenvalue weighted by atomic mass is 10.0. The number of aliphatic carboxylic acids is 1. The monoisotopic (exact) mass is 283 g/mol. The van der Waals surface area contributed by atoms with Gasteiger partial charge < -0.3 is 15.7 Å². The molecule has 0 aliphatic rings. The van der Waals surface area contributed by atoms with Gasteiger partial charge in [0.25, 0.3) is 0 Å². The first-order chi connectivity index (χ1) is 9.27. The molecule has 7 nitrogen and oxygen atoms in total. The minimum Gasteiger partial charge on any atom is -0.480 e. The predicted molar refractivity (Wildman–Crippen MR) is 71.5 cm³/mol. The molecule has 0 aliphatic heterocycles. The number of carbonyl (C=O) groups excluding carboxylic acids is 2. The summed E-state index contributed by atoms with van der Waals surface area (Å²) in [6.45, 7) is 5.09. The van der Waals surface area contributed by atoms with E-state index in [1.165, 1.54) is 6.92 Å². The van der Waals surface area contributed by atoms with Crippen LogP contribution in [0.4, 0.5) is 0 Å². The number of carbonyl (C=O) groups is 3. The van der Waals surface area contributed by atoms with Crippen molar-refractivity contribution in [1.29, 1.82) is 5.26 Å². The molecule has 0 rings (SSSR count). The van der Waals surface area contributed by atoms with Crippen LogP contribution in [0.2, 0.25) is 0 Å². The number of hydrogen-bond donors (Lipinski definition) is 3. The lowest BCUT2D eigenvalue weighted by Crippen LogP contribution is -2.51. The van der Waals surface area contributed by atoms with Crippen LogP contribution in [-0.2, 0) is 14.4 Å². The maximum atomic E-state index is 12.0. The second kappa shape index (κ2) is 8.91. The van der Waals surface area contributed by atoms with E-state index in [0.717, 1.165) is 0 Å². The van der Waals surface area contributed by atoms with E-state index >= 15 is 0 Å². The van der Waals surface area contributed by atoms with E-state index in [1.807, 2.05) is 19.9 Å². The summed E-state index contributed by atoms with van der Waals surface area (Å²) < 4.78 is 0. The molecule has 0 unspecified atom stereocenters. The summed E-state index contributed by atoms with van der Waals surface area (Å²) in [4.78, 5) is 34.1. The Morgan fingerprint density at radius 1 is 1.20 bits per heavy atom. The molecule has 0 aromatic heterocycles. The van der Waals surface area contributed by atoms with Gasteiger partial charge in [0, 0.05) is 13.3 Å². The second-order valence-electron chi connectivity index (χ2n) is 4.98. The van der Waals surface area contributed by atoms with E-state index in [4.69, 9.17) is 10.4 Å². The molecular weight excluding hydrogens is 262 g/mol. The highest BCUT2D eigenvalue weighted by atomic mass is 16.4. The minimum absolute atomic E-state index is 0.0338. The van der Waals surface area contributed by atoms with Crippen LogP contribution in [0.5, 0.6) is 0 Å². The first-order valence-electron chi connectivity index (χ1n) is 6.45. The molecule has 0 radical (unpaired) electrons. The Morgan fingerprint density at radius 3 is 2.20 bits per heavy atom. The molecule has 0 saturated heterocycles. The molecule has 0 saturated carbocycles. The van der Waals surface area contributed by atoms with Crippen LogP contribution >= 0.6 is 0 Å². The van der Waals surface area contributed by atoms with Gasteiger partial charge in [0.2, 0.25) is 11.8 Å². The molecule has 20 heavy (non-hydrogen) atoms. The van der Waals surface area contributed by atoms with E-state index in [0.29, 0.717) is 6.42 Å². The molecular formula is C13H21N3O4. The summed E-state index contributed by atoms with van der Waals surface area (Å²) in [6, 6.07) is -0.0515. The summed E-state index contributed by atoms with van der Waals surface area (Å²) in [5.74, 6) is -1.92. The summed E-state index contributed by atoms with van der Waals surface area (Å²) >= 11 is 0. The quantitative estimate of drug-likeness (QED) is 0.596. The third kappa shape index (κ3) is 7.36. The highest BCUT2D eigenvalue weighted by molar-refractivity contribution is 5.89. The largest absolute Gasteiger partial charge is 0.480 e. The van der Waals surface area contributed by atoms with E-state index in [2.05, 4.69) is 10.6 Å². The molecule has 0 bridgehead atoms. The molecule has 0 aliphatic carbocycles. The first-order valence-corrected chi connectivity index (χ1v) is 6.45. The number of nitriles is 1. The normalized spacial score (nSPS) is 13.2. The number of amides is 2. The van der Waals surface area contributed by atoms with Gasteiger partial charge in [-0.2, -0.15) is 5.26 Å². The van der Waals surface area contributed by atoms with Crippen molar-refractivity contribution in [2.45, 2.75) is 52.1 Å². The van der Waals surface area contributed by atoms with Crippen LogP contribution in [0.1, 0.15) is 40.0 Å². The molecule has 3 N–H and O–H groups in total. The van der Waals surface area contributed by atoms with Crippen LogP contribution in [0.3, 0.4) is 0 Å². The van der Waals surface area contributed by atoms with Gasteiger partial charge in [-0.15, -0.1) is 0 Å². The van der Waals surface area contributed by atoms with Crippen molar-refractivity contribution in [3.63, 3.8) is 0 Å². The zero-order valence-electron chi connectivity index (χ0n) is 12.0. The van der Waals surface area contributed by atoms with Crippen molar-refractivity contribution in [1.82, 2.24) is 10.6 Å². The van der Waals surface area contributed by atoms with Gasteiger partial charge in [-0.25, -0.2) is 4.79 Å². The Morgan fingerprint density at radius 2 is 1.80 bits per heavy atom. The molecule has 0 aromatic rings. The first kappa shape index (κ1) is 17.9. The molecule has 2 amide bonds. The average molecular weight is 283 g/mol. The molecule has 7 heteroatoms. The van der Waals surface area contributed by atoms with Crippen molar-refractivity contribution >= 4 is 17.8 Å². The number of carboxylic acid groups (broad SMARTS) is 1. The fraction of sp³-hybridized carbons (Fsp3) is 0.692. The fourth-order valence-corrected chi connectivity index (χ4v) is 1.69. The van der Waals surface area contributed by atoms with E-state index in [-0.39, 0.29) is 24.7 Å². The van der Waals surface area contributed by atoms with Crippen molar-refractivity contribution < 1.29 is 19.5 Å². The van der Waals surface area contributed by atoms with Crippen LogP contribution in [0, 0.1) is 17.2 Å². The smallest absolute Gasteiger partial charge is 0.326 e. The van der Waals surface area contributed by atoms with Crippen LogP contribution in [0.25, 0.3) is 0 Å². The Labute approximate surface area is 118 Å². The van der Waals surface area contributed by atoms with Gasteiger partial charge in [-0.1, -0.05) is 13.8 Å². The Hall–Kier alpha value is -2.10. The van der Waals surface area contributed by atoms with Crippen molar-refractivity contribution in [3.05, 3.63) is 0 Å². The number of carboxylic acids is 1. The predicted octanol–water partition coefficient (Wildman–Crippen LogP) is 0.410. The van der Waals surface area contributed by atoms with Crippen LogP contribution < -0.4 is 10.6 Å². The Bertz CT molecular complexity index is 401. The van der Waals surface area contributed by atoms with Crippen molar-refractivity contribution in [3.8, 4) is 6.07 Å². The SMILES string of the molecule is CC(=O)N[C@@H](CC(C)C)C(=O)N[C@H](CCC#N)C(=O)O. The number of hydrogen-bond acceptors (Lipinski definition) is 4. The second-order valence-corrected chi connectivity index (χ2v) is 4.98. The maximum absolute atomic E-state index is 12.0. The molecule has 0 heterocycles. The van der Waals surface area contributed by atoms with Gasteiger partial charge in [0.05, 0.1) is 6.07 Å². The summed E-state index contributed by atoms with van der Waals surface area (Å²) in [5.41, 5.74) is 0. The third-order valence-electron chi connectivity index (χ3n) is 2.56. The molecule has 0 aromatic carbocycles. The van der Waals surface area contributed by atoms with Gasteiger partial charge in [0.1, 0.15) is 12.1 Å². The van der Waals surface area contributed by atoms with E-state index < -0.39 is 24.0 Å². The molecule has 0 fully saturated rings. The molecule has 2 atom stereocenters. The third-order valence-corrected chi connectivity index (χ3v) is 2.56. The zero-order valence-corrected chi connectivity index (χ0v) is 12.0. The van der Waals surface area contributed by atoms with Crippen molar-refractivity contribution in [2.75, 3.05) is 0 Å². The number of nitrogens with one attached hydrogen (secondary N) is 2. The van der Waals surface area contributed by atoms with Gasteiger partial charge in [-0.3, -0.25) is 9.59 Å². The average Bonchev–Trinajstić information content (AvgIpc) is 2.31. The molecule has 112 valence electrons. The van der Waals surface area contributed by atoms with Crippen LogP contribution in [-0.4, -0.2) is 35.0 Å². The Kier molecular flexibility index (Phi) is 7.97. The lowest BCUT2D eigenvalue weighted by molar-refractivity contribution is -0.142. The molecule has 0 spiro atoms. The highest BCUT2D eigenvalue weighted by Gasteiger charge is 2.26. The highest BCUT2D eigenvalue weighted by Crippen LogP contribution is 2.06. The van der Waals surface area contributed by atoms with Crippen molar-refractivity contribution in [2.24, 2.45) is 5.92 Å². The lowest BCUT2D eigenvalue weighted by Gasteiger charge is -2.21. The summed E-state index contributed by atoms with van der Waals surface area (Å²) in [6.07, 6.45) is 0.480. The number of nitrogens with zero attached hydrogens (tertiary/aromatic N) is 1. The topological polar surface area (TPSA) is 119 Å². The standard InChI is InChI=1S/C13H21N3O4/c1-8(2)7-11(15-9(3)17)12(18)16-10(13(19)20)5-4-6-14/h8,10-11H,4-5,7H2,1-3H3,(H,15,17)(H,16,18)(H,19,20)/t10-,11+/m1/s1. The zero-order chi connectivity index (χ0) is 15.7. The summed E-state index contributed by atoms with van der Waals surface area (Å²) in [7, 11) is 0. The van der Waals surface area contributed by atoms with Gasteiger partial charge >= 0.3 is 5.97 Å². The summed E-state index contributed by atoms with van der Waals surface area (Å²) in [5, 5.41) is 22.3. The van der Waals surface area contributed by atoms with E-state index in [9.17, 15) is 14.4 Å². The van der Waals surface area contributed by atoms with Gasteiger partial charge in [-0.05, 0) is 18.8 Å². The maximum Gasteiger partial charge on any atom is 0.326 e. The van der Waals surface area contributed by atoms with Crippen LogP contribution in [0.15, 0.2) is 0 Å². The van der Waals surface area contributed by atoms with Gasteiger partial charge in [0.15, 0.2) is 0 Å². The Balaban J connectivity index is 4.73. The van der Waals surface area contributed by atoms with E-state index in [1.54, 1.807) is 0 Å². The number of rotatable bonds is 8. The minimum atomic E-state index is -1.19.